The number of carbonyl (C=O) groups is 2. The Morgan fingerprint density at radius 2 is 1.91 bits per heavy atom. The van der Waals surface area contributed by atoms with Crippen molar-refractivity contribution in [3.05, 3.63) is 40.4 Å². The minimum atomic E-state index is -1.17. The van der Waals surface area contributed by atoms with Gasteiger partial charge < -0.3 is 10.0 Å². The maximum Gasteiger partial charge on any atom is 0.356 e. The molecule has 0 spiro atoms. The van der Waals surface area contributed by atoms with Crippen molar-refractivity contribution < 1.29 is 14.7 Å². The van der Waals surface area contributed by atoms with Crippen LogP contribution in [0.5, 0.6) is 0 Å². The van der Waals surface area contributed by atoms with Crippen LogP contribution in [-0.2, 0) is 6.42 Å². The fourth-order valence-corrected chi connectivity index (χ4v) is 2.49. The number of carboxylic acid groups (broad SMARTS) is 1. The van der Waals surface area contributed by atoms with Gasteiger partial charge in [0.15, 0.2) is 5.69 Å². The highest BCUT2D eigenvalue weighted by Gasteiger charge is 2.21. The van der Waals surface area contributed by atoms with E-state index in [1.807, 2.05) is 19.2 Å². The van der Waals surface area contributed by atoms with Gasteiger partial charge in [0.25, 0.3) is 5.91 Å². The highest BCUT2D eigenvalue weighted by Crippen LogP contribution is 2.10. The Balaban J connectivity index is 2.10. The van der Waals surface area contributed by atoms with E-state index in [1.54, 1.807) is 22.4 Å². The van der Waals surface area contributed by atoms with Gasteiger partial charge in [0, 0.05) is 30.6 Å². The van der Waals surface area contributed by atoms with E-state index in [0.29, 0.717) is 13.0 Å². The number of rotatable bonds is 6. The maximum absolute atomic E-state index is 12.5. The van der Waals surface area contributed by atoms with E-state index in [4.69, 9.17) is 5.11 Å². The first-order valence-corrected chi connectivity index (χ1v) is 7.61. The number of hydrogen-bond acceptors (Lipinski definition) is 6. The van der Waals surface area contributed by atoms with Crippen LogP contribution in [-0.4, -0.2) is 49.4 Å². The topological polar surface area (TPSA) is 96.3 Å². The van der Waals surface area contributed by atoms with Gasteiger partial charge >= 0.3 is 5.97 Å². The molecule has 2 aromatic rings. The lowest BCUT2D eigenvalue weighted by molar-refractivity contribution is 0.0677. The zero-order valence-corrected chi connectivity index (χ0v) is 13.1. The number of aromatic carboxylic acids is 1. The smallest absolute Gasteiger partial charge is 0.356 e. The second-order valence-corrected chi connectivity index (χ2v) is 5.84. The van der Waals surface area contributed by atoms with Crippen molar-refractivity contribution in [2.75, 3.05) is 6.54 Å². The molecule has 0 saturated carbocycles. The van der Waals surface area contributed by atoms with Gasteiger partial charge in [-0.1, -0.05) is 0 Å². The fourth-order valence-electron chi connectivity index (χ4n) is 1.88. The summed E-state index contributed by atoms with van der Waals surface area (Å²) >= 11 is 1.55. The summed E-state index contributed by atoms with van der Waals surface area (Å²) in [5.74, 6) is -1.44. The van der Waals surface area contributed by atoms with Crippen LogP contribution in [0.4, 0.5) is 0 Å². The van der Waals surface area contributed by atoms with Gasteiger partial charge in [-0.25, -0.2) is 19.7 Å². The summed E-state index contributed by atoms with van der Waals surface area (Å²) in [6.45, 7) is 4.35. The quantitative estimate of drug-likeness (QED) is 0.870. The summed E-state index contributed by atoms with van der Waals surface area (Å²) in [6.07, 6.45) is 4.69. The van der Waals surface area contributed by atoms with Gasteiger partial charge in [-0.3, -0.25) is 4.79 Å². The molecule has 22 heavy (non-hydrogen) atoms. The van der Waals surface area contributed by atoms with Gasteiger partial charge in [0.1, 0.15) is 5.69 Å². The lowest BCUT2D eigenvalue weighted by Crippen LogP contribution is -2.39. The van der Waals surface area contributed by atoms with Crippen molar-refractivity contribution >= 4 is 23.2 Å². The van der Waals surface area contributed by atoms with Crippen LogP contribution in [0, 0.1) is 0 Å². The largest absolute Gasteiger partial charge is 0.476 e. The molecule has 0 aromatic carbocycles. The van der Waals surface area contributed by atoms with Crippen LogP contribution in [0.15, 0.2) is 24.0 Å². The number of aromatic nitrogens is 3. The summed E-state index contributed by atoms with van der Waals surface area (Å²) in [5.41, 5.74) is -0.0479. The van der Waals surface area contributed by atoms with E-state index in [-0.39, 0.29) is 23.3 Å². The third kappa shape index (κ3) is 3.85. The van der Waals surface area contributed by atoms with Crippen molar-refractivity contribution in [1.29, 1.82) is 0 Å². The van der Waals surface area contributed by atoms with Crippen molar-refractivity contribution in [2.45, 2.75) is 26.3 Å². The maximum atomic E-state index is 12.5. The molecule has 0 radical (unpaired) electrons. The van der Waals surface area contributed by atoms with E-state index < -0.39 is 5.97 Å². The minimum absolute atomic E-state index is 0.00610. The average Bonchev–Trinajstić information content (AvgIpc) is 3.00. The minimum Gasteiger partial charge on any atom is -0.476 e. The summed E-state index contributed by atoms with van der Waals surface area (Å²) in [4.78, 5) is 36.7. The third-order valence-electron chi connectivity index (χ3n) is 3.02. The molecule has 0 atom stereocenters. The first-order chi connectivity index (χ1) is 10.5. The van der Waals surface area contributed by atoms with Crippen molar-refractivity contribution in [3.8, 4) is 0 Å². The van der Waals surface area contributed by atoms with E-state index in [1.165, 1.54) is 6.20 Å². The number of thiazole rings is 1. The van der Waals surface area contributed by atoms with Crippen LogP contribution in [0.2, 0.25) is 0 Å². The van der Waals surface area contributed by atoms with Crippen LogP contribution in [0.25, 0.3) is 0 Å². The van der Waals surface area contributed by atoms with Gasteiger partial charge in [-0.2, -0.15) is 0 Å². The molecule has 2 heterocycles. The SMILES string of the molecule is CC(C)N(CCc1nccs1)C(=O)c1cnc(C(=O)O)cn1. The standard InChI is InChI=1S/C14H16N4O3S/c1-9(2)18(5-3-12-15-4-6-22-12)13(19)10-7-17-11(8-16-10)14(20)21/h4,6-9H,3,5H2,1-2H3,(H,20,21). The Bertz CT molecular complexity index is 641. The Morgan fingerprint density at radius 1 is 1.23 bits per heavy atom. The normalized spacial score (nSPS) is 10.7. The van der Waals surface area contributed by atoms with Crippen molar-refractivity contribution in [3.63, 3.8) is 0 Å². The molecule has 2 rings (SSSR count). The molecule has 8 heteroatoms. The highest BCUT2D eigenvalue weighted by atomic mass is 32.1. The first kappa shape index (κ1) is 16.0. The monoisotopic (exact) mass is 320 g/mol. The van der Waals surface area contributed by atoms with Crippen LogP contribution >= 0.6 is 11.3 Å². The summed E-state index contributed by atoms with van der Waals surface area (Å²) in [5, 5.41) is 11.7. The zero-order valence-electron chi connectivity index (χ0n) is 12.3. The van der Waals surface area contributed by atoms with Gasteiger partial charge in [0.2, 0.25) is 0 Å². The van der Waals surface area contributed by atoms with Crippen LogP contribution < -0.4 is 0 Å². The molecule has 0 bridgehead atoms. The van der Waals surface area contributed by atoms with E-state index >= 15 is 0 Å². The molecule has 0 saturated heterocycles. The molecule has 0 fully saturated rings. The molecule has 1 amide bonds. The lowest BCUT2D eigenvalue weighted by Gasteiger charge is -2.26. The number of carbonyl (C=O) groups excluding carboxylic acids is 1. The second-order valence-electron chi connectivity index (χ2n) is 4.86. The zero-order chi connectivity index (χ0) is 16.1. The van der Waals surface area contributed by atoms with Gasteiger partial charge in [-0.05, 0) is 13.8 Å². The number of nitrogens with zero attached hydrogens (tertiary/aromatic N) is 4. The molecular weight excluding hydrogens is 304 g/mol. The summed E-state index contributed by atoms with van der Waals surface area (Å²) in [6, 6.07) is -0.00610. The summed E-state index contributed by atoms with van der Waals surface area (Å²) < 4.78 is 0. The number of hydrogen-bond donors (Lipinski definition) is 1. The molecule has 116 valence electrons. The summed E-state index contributed by atoms with van der Waals surface area (Å²) in [7, 11) is 0. The molecule has 0 unspecified atom stereocenters. The van der Waals surface area contributed by atoms with E-state index in [2.05, 4.69) is 15.0 Å². The predicted octanol–water partition coefficient (Wildman–Crippen LogP) is 1.72. The molecule has 7 nitrogen and oxygen atoms in total. The molecular formula is C14H16N4O3S. The Morgan fingerprint density at radius 3 is 2.41 bits per heavy atom. The fraction of sp³-hybridized carbons (Fsp3) is 0.357. The molecule has 0 aliphatic rings. The molecule has 1 N–H and O–H groups in total. The second kappa shape index (κ2) is 7.08. The van der Waals surface area contributed by atoms with E-state index in [9.17, 15) is 9.59 Å². The Labute approximate surface area is 131 Å². The first-order valence-electron chi connectivity index (χ1n) is 6.73. The van der Waals surface area contributed by atoms with Crippen LogP contribution in [0.1, 0.15) is 39.8 Å². The Kier molecular flexibility index (Phi) is 5.16. The molecule has 0 aliphatic carbocycles. The van der Waals surface area contributed by atoms with Crippen molar-refractivity contribution in [2.24, 2.45) is 0 Å². The van der Waals surface area contributed by atoms with Crippen molar-refractivity contribution in [1.82, 2.24) is 19.9 Å². The number of carboxylic acids is 1. The van der Waals surface area contributed by atoms with E-state index in [0.717, 1.165) is 11.2 Å². The molecule has 0 aliphatic heterocycles. The average molecular weight is 320 g/mol. The lowest BCUT2D eigenvalue weighted by atomic mass is 10.2. The van der Waals surface area contributed by atoms with Gasteiger partial charge in [0.05, 0.1) is 17.4 Å². The number of amides is 1. The third-order valence-corrected chi connectivity index (χ3v) is 3.86. The molecule has 2 aromatic heterocycles. The van der Waals surface area contributed by atoms with Crippen LogP contribution in [0.3, 0.4) is 0 Å². The Hall–Kier alpha value is -2.35. The van der Waals surface area contributed by atoms with Gasteiger partial charge in [-0.15, -0.1) is 11.3 Å². The highest BCUT2D eigenvalue weighted by molar-refractivity contribution is 7.09. The predicted molar refractivity (Wildman–Crippen MR) is 81.0 cm³/mol.